The highest BCUT2D eigenvalue weighted by Crippen LogP contribution is 2.13. The lowest BCUT2D eigenvalue weighted by Crippen LogP contribution is -2.31. The summed E-state index contributed by atoms with van der Waals surface area (Å²) >= 11 is 0. The maximum Gasteiger partial charge on any atom is 0.319 e. The van der Waals surface area contributed by atoms with Gasteiger partial charge < -0.3 is 16.0 Å². The van der Waals surface area contributed by atoms with Gasteiger partial charge in [-0.05, 0) is 51.1 Å². The molecule has 0 unspecified atom stereocenters. The molecule has 0 saturated carbocycles. The van der Waals surface area contributed by atoms with Crippen LogP contribution in [0, 0.1) is 6.92 Å². The fourth-order valence-corrected chi connectivity index (χ4v) is 2.71. The highest BCUT2D eigenvalue weighted by Gasteiger charge is 2.11. The molecule has 2 aromatic carbocycles. The van der Waals surface area contributed by atoms with E-state index in [0.29, 0.717) is 24.2 Å². The summed E-state index contributed by atoms with van der Waals surface area (Å²) in [5.74, 6) is -0.138. The van der Waals surface area contributed by atoms with E-state index < -0.39 is 0 Å². The Bertz CT molecular complexity index is 978. The lowest BCUT2D eigenvalue weighted by molar-refractivity contribution is 0.0943. The van der Waals surface area contributed by atoms with Crippen molar-refractivity contribution in [2.24, 2.45) is 0 Å². The molecule has 0 spiro atoms. The van der Waals surface area contributed by atoms with Gasteiger partial charge in [-0.25, -0.2) is 9.48 Å². The number of rotatable bonds is 6. The third-order valence-electron chi connectivity index (χ3n) is 4.11. The van der Waals surface area contributed by atoms with Crippen molar-refractivity contribution in [3.63, 3.8) is 0 Å². The van der Waals surface area contributed by atoms with Gasteiger partial charge in [-0.2, -0.15) is 0 Å². The molecule has 28 heavy (non-hydrogen) atoms. The van der Waals surface area contributed by atoms with Crippen molar-refractivity contribution in [1.82, 2.24) is 25.6 Å². The molecule has 0 aliphatic carbocycles. The van der Waals surface area contributed by atoms with Crippen LogP contribution in [0.2, 0.25) is 0 Å². The van der Waals surface area contributed by atoms with E-state index in [9.17, 15) is 9.59 Å². The molecule has 0 fully saturated rings. The van der Waals surface area contributed by atoms with Crippen LogP contribution < -0.4 is 16.0 Å². The maximum atomic E-state index is 12.1. The number of benzene rings is 2. The second-order valence-corrected chi connectivity index (χ2v) is 6.89. The molecule has 3 N–H and O–H groups in total. The zero-order valence-corrected chi connectivity index (χ0v) is 16.2. The van der Waals surface area contributed by atoms with Crippen molar-refractivity contribution in [2.45, 2.75) is 33.4 Å². The topological polar surface area (TPSA) is 101 Å². The van der Waals surface area contributed by atoms with Crippen LogP contribution in [0.4, 0.5) is 10.5 Å². The van der Waals surface area contributed by atoms with E-state index >= 15 is 0 Å². The van der Waals surface area contributed by atoms with E-state index in [4.69, 9.17) is 0 Å². The predicted molar refractivity (Wildman–Crippen MR) is 108 cm³/mol. The van der Waals surface area contributed by atoms with Crippen LogP contribution >= 0.6 is 0 Å². The predicted octanol–water partition coefficient (Wildman–Crippen LogP) is 2.70. The van der Waals surface area contributed by atoms with Gasteiger partial charge in [0.25, 0.3) is 5.91 Å². The summed E-state index contributed by atoms with van der Waals surface area (Å²) in [7, 11) is 0. The van der Waals surface area contributed by atoms with Crippen LogP contribution in [0.3, 0.4) is 0 Å². The number of hydrogen-bond acceptors (Lipinski definition) is 4. The maximum absolute atomic E-state index is 12.1. The Balaban J connectivity index is 1.56. The number of carbonyl (C=O) groups excluding carboxylic acids is 2. The third kappa shape index (κ3) is 4.85. The fourth-order valence-electron chi connectivity index (χ4n) is 2.71. The summed E-state index contributed by atoms with van der Waals surface area (Å²) in [6, 6.07) is 12.7. The number of amides is 3. The minimum atomic E-state index is -0.277. The summed E-state index contributed by atoms with van der Waals surface area (Å²) < 4.78 is 1.70. The van der Waals surface area contributed by atoms with Crippen molar-refractivity contribution >= 4 is 28.7 Å². The van der Waals surface area contributed by atoms with Crippen LogP contribution in [0.1, 0.15) is 29.8 Å². The Hall–Kier alpha value is -3.42. The first-order chi connectivity index (χ1) is 13.4. The Morgan fingerprint density at radius 1 is 1.11 bits per heavy atom. The van der Waals surface area contributed by atoms with Gasteiger partial charge in [0, 0.05) is 23.8 Å². The number of hydrogen-bond donors (Lipinski definition) is 3. The molecule has 8 heteroatoms. The van der Waals surface area contributed by atoms with E-state index in [1.807, 2.05) is 51.1 Å². The van der Waals surface area contributed by atoms with Crippen LogP contribution in [-0.2, 0) is 6.54 Å². The zero-order chi connectivity index (χ0) is 20.1. The molecule has 146 valence electrons. The van der Waals surface area contributed by atoms with E-state index in [1.54, 1.807) is 16.8 Å². The number of aromatic nitrogens is 3. The SMILES string of the molecule is Cc1ccc(NC(=O)NCCn2nnc3cc(C(=O)NC(C)C)ccc32)cc1. The van der Waals surface area contributed by atoms with Gasteiger partial charge in [-0.3, -0.25) is 4.79 Å². The molecule has 3 rings (SSSR count). The van der Waals surface area contributed by atoms with Gasteiger partial charge in [-0.1, -0.05) is 22.9 Å². The highest BCUT2D eigenvalue weighted by atomic mass is 16.2. The Morgan fingerprint density at radius 2 is 1.86 bits per heavy atom. The molecular formula is C20H24N6O2. The number of urea groups is 1. The van der Waals surface area contributed by atoms with Crippen molar-refractivity contribution in [3.05, 3.63) is 53.6 Å². The fraction of sp³-hybridized carbons (Fsp3) is 0.300. The monoisotopic (exact) mass is 380 g/mol. The first-order valence-corrected chi connectivity index (χ1v) is 9.18. The van der Waals surface area contributed by atoms with Crippen LogP contribution in [0.25, 0.3) is 11.0 Å². The molecule has 3 amide bonds. The van der Waals surface area contributed by atoms with E-state index in [-0.39, 0.29) is 18.0 Å². The van der Waals surface area contributed by atoms with Gasteiger partial charge in [0.15, 0.2) is 0 Å². The normalized spacial score (nSPS) is 10.9. The summed E-state index contributed by atoms with van der Waals surface area (Å²) in [5.41, 5.74) is 3.86. The van der Waals surface area contributed by atoms with Crippen molar-refractivity contribution in [3.8, 4) is 0 Å². The van der Waals surface area contributed by atoms with E-state index in [2.05, 4.69) is 26.3 Å². The van der Waals surface area contributed by atoms with Crippen molar-refractivity contribution < 1.29 is 9.59 Å². The van der Waals surface area contributed by atoms with Crippen molar-refractivity contribution in [2.75, 3.05) is 11.9 Å². The van der Waals surface area contributed by atoms with E-state index in [0.717, 1.165) is 16.8 Å². The standard InChI is InChI=1S/C20H24N6O2/c1-13(2)22-19(27)15-6-9-18-17(12-15)24-25-26(18)11-10-21-20(28)23-16-7-4-14(3)5-8-16/h4-9,12-13H,10-11H2,1-3H3,(H,22,27)(H2,21,23,28). The lowest BCUT2D eigenvalue weighted by atomic mass is 10.2. The lowest BCUT2D eigenvalue weighted by Gasteiger charge is -2.09. The van der Waals surface area contributed by atoms with Gasteiger partial charge in [0.2, 0.25) is 0 Å². The molecule has 0 bridgehead atoms. The number of fused-ring (bicyclic) bond motifs is 1. The molecule has 0 aliphatic heterocycles. The summed E-state index contributed by atoms with van der Waals surface area (Å²) in [4.78, 5) is 24.1. The largest absolute Gasteiger partial charge is 0.350 e. The van der Waals surface area contributed by atoms with Crippen LogP contribution in [0.5, 0.6) is 0 Å². The number of anilines is 1. The number of nitrogens with zero attached hydrogens (tertiary/aromatic N) is 3. The third-order valence-corrected chi connectivity index (χ3v) is 4.11. The van der Waals surface area contributed by atoms with Gasteiger partial charge >= 0.3 is 6.03 Å². The molecule has 0 radical (unpaired) electrons. The number of carbonyl (C=O) groups is 2. The molecular weight excluding hydrogens is 356 g/mol. The first-order valence-electron chi connectivity index (χ1n) is 9.18. The van der Waals surface area contributed by atoms with Crippen LogP contribution in [0.15, 0.2) is 42.5 Å². The average molecular weight is 380 g/mol. The molecule has 3 aromatic rings. The summed E-state index contributed by atoms with van der Waals surface area (Å²) in [6.45, 7) is 6.68. The average Bonchev–Trinajstić information content (AvgIpc) is 3.05. The molecule has 1 aromatic heterocycles. The van der Waals surface area contributed by atoms with Gasteiger partial charge in [0.1, 0.15) is 5.52 Å². The Labute approximate surface area is 163 Å². The number of nitrogens with one attached hydrogen (secondary N) is 3. The molecule has 1 heterocycles. The second kappa shape index (κ2) is 8.51. The Morgan fingerprint density at radius 3 is 2.57 bits per heavy atom. The Kier molecular flexibility index (Phi) is 5.88. The molecule has 0 aliphatic rings. The summed E-state index contributed by atoms with van der Waals surface area (Å²) in [5, 5.41) is 16.7. The smallest absolute Gasteiger partial charge is 0.319 e. The zero-order valence-electron chi connectivity index (χ0n) is 16.2. The highest BCUT2D eigenvalue weighted by molar-refractivity contribution is 5.97. The molecule has 0 atom stereocenters. The second-order valence-electron chi connectivity index (χ2n) is 6.89. The molecule has 0 saturated heterocycles. The first kappa shape index (κ1) is 19.3. The molecule has 8 nitrogen and oxygen atoms in total. The number of aryl methyl sites for hydroxylation is 1. The van der Waals surface area contributed by atoms with Crippen molar-refractivity contribution in [1.29, 1.82) is 0 Å². The minimum Gasteiger partial charge on any atom is -0.350 e. The van der Waals surface area contributed by atoms with Gasteiger partial charge in [-0.15, -0.1) is 5.10 Å². The van der Waals surface area contributed by atoms with Crippen LogP contribution in [-0.4, -0.2) is 39.5 Å². The quantitative estimate of drug-likeness (QED) is 0.612. The summed E-state index contributed by atoms with van der Waals surface area (Å²) in [6.07, 6.45) is 0. The van der Waals surface area contributed by atoms with E-state index in [1.165, 1.54) is 0 Å². The minimum absolute atomic E-state index is 0.0657. The van der Waals surface area contributed by atoms with Gasteiger partial charge in [0.05, 0.1) is 12.1 Å².